The molecule has 4 nitrogen and oxygen atoms in total. The van der Waals surface area contributed by atoms with Crippen LogP contribution in [0, 0.1) is 0 Å². The number of aryl methyl sites for hydroxylation is 1. The maximum atomic E-state index is 12.0. The van der Waals surface area contributed by atoms with E-state index in [1.165, 1.54) is 11.3 Å². The molecule has 0 atom stereocenters. The van der Waals surface area contributed by atoms with E-state index < -0.39 is 0 Å². The molecular weight excluding hydrogens is 294 g/mol. The van der Waals surface area contributed by atoms with Crippen LogP contribution in [0.1, 0.15) is 29.9 Å². The number of carbonyl (C=O) groups is 1. The highest BCUT2D eigenvalue weighted by Gasteiger charge is 2.15. The van der Waals surface area contributed by atoms with E-state index in [0.29, 0.717) is 6.54 Å². The predicted molar refractivity (Wildman–Crippen MR) is 91.3 cm³/mol. The molecule has 0 radical (unpaired) electrons. The van der Waals surface area contributed by atoms with Crippen molar-refractivity contribution in [2.45, 2.75) is 26.8 Å². The van der Waals surface area contributed by atoms with Crippen LogP contribution >= 0.6 is 11.3 Å². The zero-order valence-corrected chi connectivity index (χ0v) is 13.6. The molecule has 2 heterocycles. The third kappa shape index (κ3) is 2.64. The number of amides is 1. The van der Waals surface area contributed by atoms with Crippen LogP contribution in [0.3, 0.4) is 0 Å². The van der Waals surface area contributed by atoms with E-state index in [-0.39, 0.29) is 5.91 Å². The van der Waals surface area contributed by atoms with Crippen molar-refractivity contribution in [1.82, 2.24) is 14.9 Å². The number of aromatic nitrogens is 2. The van der Waals surface area contributed by atoms with Gasteiger partial charge in [0.1, 0.15) is 0 Å². The van der Waals surface area contributed by atoms with Gasteiger partial charge in [-0.25, -0.2) is 4.98 Å². The number of thiophene rings is 1. The molecule has 2 aromatic heterocycles. The number of fused-ring (bicyclic) bond motifs is 1. The number of benzene rings is 1. The first kappa shape index (κ1) is 14.8. The third-order valence-electron chi connectivity index (χ3n) is 3.56. The van der Waals surface area contributed by atoms with Gasteiger partial charge in [0.2, 0.25) is 0 Å². The van der Waals surface area contributed by atoms with Gasteiger partial charge >= 0.3 is 0 Å². The molecule has 0 saturated carbocycles. The molecule has 0 unspecified atom stereocenters. The van der Waals surface area contributed by atoms with Crippen LogP contribution in [0.25, 0.3) is 21.7 Å². The Hall–Kier alpha value is -2.14. The van der Waals surface area contributed by atoms with Crippen LogP contribution in [0.4, 0.5) is 0 Å². The van der Waals surface area contributed by atoms with E-state index in [9.17, 15) is 4.79 Å². The first-order chi connectivity index (χ1) is 10.7. The number of hydrogen-bond donors (Lipinski definition) is 1. The lowest BCUT2D eigenvalue weighted by Gasteiger charge is -2.03. The normalized spacial score (nSPS) is 11.0. The minimum Gasteiger partial charge on any atom is -0.351 e. The molecular formula is C17H19N3OS. The number of nitrogens with zero attached hydrogens (tertiary/aromatic N) is 2. The largest absolute Gasteiger partial charge is 0.351 e. The van der Waals surface area contributed by atoms with Crippen LogP contribution in [-0.2, 0) is 6.54 Å². The molecule has 0 fully saturated rings. The van der Waals surface area contributed by atoms with Gasteiger partial charge < -0.3 is 9.88 Å². The minimum atomic E-state index is -0.00254. The van der Waals surface area contributed by atoms with Crippen molar-refractivity contribution in [3.63, 3.8) is 0 Å². The van der Waals surface area contributed by atoms with Gasteiger partial charge in [0.25, 0.3) is 5.91 Å². The Labute approximate surface area is 133 Å². The lowest BCUT2D eigenvalue weighted by atomic mass is 10.3. The Morgan fingerprint density at radius 2 is 2.05 bits per heavy atom. The predicted octanol–water partition coefficient (Wildman–Crippen LogP) is 3.92. The van der Waals surface area contributed by atoms with E-state index in [4.69, 9.17) is 4.98 Å². The van der Waals surface area contributed by atoms with Crippen LogP contribution in [0.2, 0.25) is 0 Å². The third-order valence-corrected chi connectivity index (χ3v) is 4.64. The molecule has 0 saturated heterocycles. The van der Waals surface area contributed by atoms with Crippen molar-refractivity contribution in [1.29, 1.82) is 0 Å². The molecule has 1 aromatic carbocycles. The maximum Gasteiger partial charge on any atom is 0.261 e. The lowest BCUT2D eigenvalue weighted by molar-refractivity contribution is 0.0957. The van der Waals surface area contributed by atoms with Crippen molar-refractivity contribution in [3.05, 3.63) is 41.3 Å². The van der Waals surface area contributed by atoms with Crippen molar-refractivity contribution >= 4 is 28.3 Å². The molecule has 22 heavy (non-hydrogen) atoms. The van der Waals surface area contributed by atoms with E-state index in [2.05, 4.69) is 22.9 Å². The van der Waals surface area contributed by atoms with Crippen LogP contribution < -0.4 is 5.32 Å². The first-order valence-corrected chi connectivity index (χ1v) is 8.40. The van der Waals surface area contributed by atoms with Gasteiger partial charge in [-0.3, -0.25) is 4.79 Å². The second-order valence-corrected chi connectivity index (χ2v) is 6.17. The molecule has 3 rings (SSSR count). The molecule has 0 aliphatic rings. The molecule has 0 bridgehead atoms. The smallest absolute Gasteiger partial charge is 0.261 e. The van der Waals surface area contributed by atoms with Crippen LogP contribution in [0.5, 0.6) is 0 Å². The summed E-state index contributed by atoms with van der Waals surface area (Å²) in [4.78, 5) is 18.5. The van der Waals surface area contributed by atoms with Gasteiger partial charge in [-0.1, -0.05) is 19.1 Å². The van der Waals surface area contributed by atoms with Crippen LogP contribution in [-0.4, -0.2) is 22.0 Å². The fourth-order valence-corrected chi connectivity index (χ4v) is 3.41. The second kappa shape index (κ2) is 6.32. The highest BCUT2D eigenvalue weighted by atomic mass is 32.1. The Kier molecular flexibility index (Phi) is 4.24. The number of imidazole rings is 1. The Morgan fingerprint density at radius 1 is 1.23 bits per heavy atom. The van der Waals surface area contributed by atoms with Gasteiger partial charge in [-0.05, 0) is 37.6 Å². The highest BCUT2D eigenvalue weighted by molar-refractivity contribution is 7.17. The molecule has 3 aromatic rings. The molecule has 1 N–H and O–H groups in total. The lowest BCUT2D eigenvalue weighted by Crippen LogP contribution is -2.22. The summed E-state index contributed by atoms with van der Waals surface area (Å²) in [5.74, 6) is 0.931. The zero-order chi connectivity index (χ0) is 15.5. The molecule has 114 valence electrons. The molecule has 0 aliphatic carbocycles. The molecule has 5 heteroatoms. The maximum absolute atomic E-state index is 12.0. The summed E-state index contributed by atoms with van der Waals surface area (Å²) < 4.78 is 2.19. The monoisotopic (exact) mass is 313 g/mol. The fraction of sp³-hybridized carbons (Fsp3) is 0.294. The zero-order valence-electron chi connectivity index (χ0n) is 12.8. The van der Waals surface area contributed by atoms with Gasteiger partial charge in [0.15, 0.2) is 5.82 Å². The van der Waals surface area contributed by atoms with Gasteiger partial charge in [-0.15, -0.1) is 11.3 Å². The topological polar surface area (TPSA) is 46.9 Å². The summed E-state index contributed by atoms with van der Waals surface area (Å²) >= 11 is 1.49. The summed E-state index contributed by atoms with van der Waals surface area (Å²) in [6, 6.07) is 12.0. The van der Waals surface area contributed by atoms with Crippen molar-refractivity contribution < 1.29 is 4.79 Å². The van der Waals surface area contributed by atoms with Gasteiger partial charge in [-0.2, -0.15) is 0 Å². The molecule has 0 spiro atoms. The molecule has 0 aliphatic heterocycles. The summed E-state index contributed by atoms with van der Waals surface area (Å²) in [7, 11) is 0. The number of para-hydroxylation sites is 2. The second-order valence-electron chi connectivity index (χ2n) is 5.09. The standard InChI is InChI=1S/C17H19N3OS/c1-3-11-18-17(21)15-10-9-14(22-15)16-19-12-7-5-6-8-13(12)20(16)4-2/h5-10H,3-4,11H2,1-2H3,(H,18,21). The average Bonchev–Trinajstić information content (AvgIpc) is 3.16. The van der Waals surface area contributed by atoms with E-state index >= 15 is 0 Å². The number of nitrogens with one attached hydrogen (secondary N) is 1. The number of rotatable bonds is 5. The first-order valence-electron chi connectivity index (χ1n) is 7.58. The minimum absolute atomic E-state index is 0.00254. The van der Waals surface area contributed by atoms with Crippen molar-refractivity contribution in [3.8, 4) is 10.7 Å². The van der Waals surface area contributed by atoms with E-state index in [1.807, 2.05) is 37.3 Å². The SMILES string of the molecule is CCCNC(=O)c1ccc(-c2nc3ccccc3n2CC)s1. The van der Waals surface area contributed by atoms with Gasteiger partial charge in [0.05, 0.1) is 20.8 Å². The Bertz CT molecular complexity index is 803. The summed E-state index contributed by atoms with van der Waals surface area (Å²) in [6.07, 6.45) is 0.940. The quantitative estimate of drug-likeness (QED) is 0.776. The van der Waals surface area contributed by atoms with E-state index in [0.717, 1.165) is 39.6 Å². The summed E-state index contributed by atoms with van der Waals surface area (Å²) in [5.41, 5.74) is 2.12. The number of carbonyl (C=O) groups excluding carboxylic acids is 1. The Balaban J connectivity index is 1.98. The van der Waals surface area contributed by atoms with Crippen molar-refractivity contribution in [2.75, 3.05) is 6.54 Å². The summed E-state index contributed by atoms with van der Waals surface area (Å²) in [5, 5.41) is 2.91. The summed E-state index contributed by atoms with van der Waals surface area (Å²) in [6.45, 7) is 5.72. The Morgan fingerprint density at radius 3 is 2.82 bits per heavy atom. The fourth-order valence-electron chi connectivity index (χ4n) is 2.49. The van der Waals surface area contributed by atoms with Crippen molar-refractivity contribution in [2.24, 2.45) is 0 Å². The van der Waals surface area contributed by atoms with Gasteiger partial charge in [0, 0.05) is 13.1 Å². The average molecular weight is 313 g/mol. The molecule has 1 amide bonds. The highest BCUT2D eigenvalue weighted by Crippen LogP contribution is 2.30. The van der Waals surface area contributed by atoms with Crippen LogP contribution in [0.15, 0.2) is 36.4 Å². The van der Waals surface area contributed by atoms with E-state index in [1.54, 1.807) is 0 Å². The number of hydrogen-bond acceptors (Lipinski definition) is 3.